The Kier molecular flexibility index (Phi) is 4.44. The van der Waals surface area contributed by atoms with E-state index in [2.05, 4.69) is 20.7 Å². The van der Waals surface area contributed by atoms with Crippen molar-refractivity contribution in [2.24, 2.45) is 0 Å². The highest BCUT2D eigenvalue weighted by molar-refractivity contribution is 5.90. The van der Waals surface area contributed by atoms with Gasteiger partial charge in [-0.2, -0.15) is 17.6 Å². The quantitative estimate of drug-likeness (QED) is 0.489. The molecule has 0 atom stereocenters. The fraction of sp³-hybridized carbons (Fsp3) is 0.111. The molecule has 11 heteroatoms. The first-order chi connectivity index (χ1) is 13.7. The topological polar surface area (TPSA) is 53.1 Å². The van der Waals surface area contributed by atoms with Crippen LogP contribution in [0.3, 0.4) is 0 Å². The van der Waals surface area contributed by atoms with E-state index in [-0.39, 0.29) is 23.4 Å². The van der Waals surface area contributed by atoms with Crippen molar-refractivity contribution < 1.29 is 26.3 Å². The molecule has 1 aliphatic rings. The van der Waals surface area contributed by atoms with Crippen molar-refractivity contribution in [3.05, 3.63) is 65.7 Å². The second kappa shape index (κ2) is 6.83. The second-order valence-corrected chi connectivity index (χ2v) is 6.14. The van der Waals surface area contributed by atoms with Crippen LogP contribution in [0.2, 0.25) is 0 Å². The average Bonchev–Trinajstić information content (AvgIpc) is 3.05. The normalized spacial score (nSPS) is 14.1. The van der Waals surface area contributed by atoms with Crippen LogP contribution in [0, 0.1) is 11.6 Å². The largest absolute Gasteiger partial charge is 0.417 e. The summed E-state index contributed by atoms with van der Waals surface area (Å²) in [7, 11) is 0. The molecule has 0 saturated heterocycles. The number of rotatable bonds is 3. The molecule has 3 aromatic rings. The smallest absolute Gasteiger partial charge is 0.342 e. The third-order valence-electron chi connectivity index (χ3n) is 4.12. The van der Waals surface area contributed by atoms with Crippen molar-refractivity contribution in [1.29, 1.82) is 0 Å². The number of nitrogens with zero attached hydrogens (tertiary/aromatic N) is 3. The maximum Gasteiger partial charge on any atom is 0.417 e. The standard InChI is InChI=1S/C18H11F6N5/c19-9-2-4-13(18(22,23)24)12(5-9)16-26-14-6-10(20)1-3-11(14)17(27-16)28-29-7-15(21)25-8-29/h1-7,25H,8H2,(H,26,27,28). The van der Waals surface area contributed by atoms with Gasteiger partial charge in [0.25, 0.3) is 0 Å². The first-order valence-corrected chi connectivity index (χ1v) is 8.19. The molecule has 0 spiro atoms. The Balaban J connectivity index is 1.91. The Morgan fingerprint density at radius 3 is 2.38 bits per heavy atom. The van der Waals surface area contributed by atoms with Gasteiger partial charge in [-0.05, 0) is 30.3 Å². The molecule has 1 aliphatic heterocycles. The van der Waals surface area contributed by atoms with E-state index in [9.17, 15) is 26.3 Å². The molecule has 29 heavy (non-hydrogen) atoms. The van der Waals surface area contributed by atoms with E-state index in [4.69, 9.17) is 0 Å². The van der Waals surface area contributed by atoms with Crippen molar-refractivity contribution in [3.8, 4) is 11.4 Å². The number of hydrogen-bond acceptors (Lipinski definition) is 5. The zero-order chi connectivity index (χ0) is 20.8. The van der Waals surface area contributed by atoms with E-state index < -0.39 is 40.7 Å². The molecule has 0 unspecified atom stereocenters. The molecule has 150 valence electrons. The summed E-state index contributed by atoms with van der Waals surface area (Å²) >= 11 is 0. The van der Waals surface area contributed by atoms with Gasteiger partial charge in [-0.1, -0.05) is 0 Å². The second-order valence-electron chi connectivity index (χ2n) is 6.14. The number of halogens is 6. The molecule has 1 aromatic heterocycles. The number of hydrazine groups is 1. The van der Waals surface area contributed by atoms with Crippen LogP contribution in [0.4, 0.5) is 32.2 Å². The molecule has 0 aliphatic carbocycles. The van der Waals surface area contributed by atoms with Gasteiger partial charge in [-0.25, -0.2) is 18.7 Å². The lowest BCUT2D eigenvalue weighted by Crippen LogP contribution is -2.27. The van der Waals surface area contributed by atoms with Gasteiger partial charge in [0.2, 0.25) is 5.95 Å². The van der Waals surface area contributed by atoms with Gasteiger partial charge in [-0.3, -0.25) is 10.4 Å². The van der Waals surface area contributed by atoms with Gasteiger partial charge in [0.1, 0.15) is 18.3 Å². The Morgan fingerprint density at radius 2 is 1.69 bits per heavy atom. The van der Waals surface area contributed by atoms with Gasteiger partial charge in [-0.15, -0.1) is 0 Å². The summed E-state index contributed by atoms with van der Waals surface area (Å²) in [5.41, 5.74) is 0.967. The van der Waals surface area contributed by atoms with Gasteiger partial charge >= 0.3 is 6.18 Å². The van der Waals surface area contributed by atoms with E-state index in [0.29, 0.717) is 18.2 Å². The summed E-state index contributed by atoms with van der Waals surface area (Å²) in [6.07, 6.45) is -3.72. The molecule has 0 saturated carbocycles. The van der Waals surface area contributed by atoms with Crippen molar-refractivity contribution >= 4 is 16.7 Å². The minimum absolute atomic E-state index is 0.00450. The minimum atomic E-state index is -4.79. The highest BCUT2D eigenvalue weighted by Crippen LogP contribution is 2.37. The molecule has 0 fully saturated rings. The minimum Gasteiger partial charge on any atom is -0.342 e. The number of alkyl halides is 3. The predicted molar refractivity (Wildman–Crippen MR) is 92.5 cm³/mol. The molecular weight excluding hydrogens is 400 g/mol. The highest BCUT2D eigenvalue weighted by atomic mass is 19.4. The lowest BCUT2D eigenvalue weighted by Gasteiger charge is -2.19. The number of aromatic nitrogens is 2. The Hall–Kier alpha value is -3.50. The molecule has 0 amide bonds. The van der Waals surface area contributed by atoms with Gasteiger partial charge in [0.15, 0.2) is 11.6 Å². The molecular formula is C18H11F6N5. The molecule has 2 aromatic carbocycles. The molecule has 2 N–H and O–H groups in total. The number of fused-ring (bicyclic) bond motifs is 1. The average molecular weight is 411 g/mol. The van der Waals surface area contributed by atoms with Crippen LogP contribution in [-0.4, -0.2) is 21.6 Å². The Bertz CT molecular complexity index is 1130. The number of hydrogen-bond donors (Lipinski definition) is 2. The van der Waals surface area contributed by atoms with Crippen LogP contribution in [0.5, 0.6) is 0 Å². The van der Waals surface area contributed by atoms with Crippen LogP contribution in [0.25, 0.3) is 22.3 Å². The van der Waals surface area contributed by atoms with Crippen molar-refractivity contribution in [2.75, 3.05) is 12.1 Å². The van der Waals surface area contributed by atoms with Gasteiger partial charge < -0.3 is 5.32 Å². The highest BCUT2D eigenvalue weighted by Gasteiger charge is 2.35. The molecule has 2 heterocycles. The van der Waals surface area contributed by atoms with Gasteiger partial charge in [0, 0.05) is 17.0 Å². The Morgan fingerprint density at radius 1 is 0.966 bits per heavy atom. The van der Waals surface area contributed by atoms with E-state index in [1.165, 1.54) is 11.1 Å². The summed E-state index contributed by atoms with van der Waals surface area (Å²) in [4.78, 5) is 8.06. The lowest BCUT2D eigenvalue weighted by atomic mass is 10.1. The van der Waals surface area contributed by atoms with Crippen LogP contribution >= 0.6 is 0 Å². The molecule has 0 radical (unpaired) electrons. The van der Waals surface area contributed by atoms with E-state index in [1.807, 2.05) is 0 Å². The fourth-order valence-corrected chi connectivity index (χ4v) is 2.85. The van der Waals surface area contributed by atoms with Crippen molar-refractivity contribution in [3.63, 3.8) is 0 Å². The van der Waals surface area contributed by atoms with E-state index >= 15 is 0 Å². The number of benzene rings is 2. The summed E-state index contributed by atoms with van der Waals surface area (Å²) in [6, 6.07) is 5.38. The molecule has 4 rings (SSSR count). The van der Waals surface area contributed by atoms with Crippen LogP contribution < -0.4 is 10.7 Å². The van der Waals surface area contributed by atoms with Gasteiger partial charge in [0.05, 0.1) is 17.3 Å². The van der Waals surface area contributed by atoms with Crippen LogP contribution in [0.15, 0.2) is 48.5 Å². The molecule has 0 bridgehead atoms. The van der Waals surface area contributed by atoms with E-state index in [0.717, 1.165) is 18.3 Å². The first kappa shape index (κ1) is 18.8. The third-order valence-corrected chi connectivity index (χ3v) is 4.12. The Labute approximate surface area is 159 Å². The lowest BCUT2D eigenvalue weighted by molar-refractivity contribution is -0.137. The monoisotopic (exact) mass is 411 g/mol. The fourth-order valence-electron chi connectivity index (χ4n) is 2.85. The zero-order valence-corrected chi connectivity index (χ0v) is 14.4. The van der Waals surface area contributed by atoms with Crippen LogP contribution in [-0.2, 0) is 6.18 Å². The molecule has 5 nitrogen and oxygen atoms in total. The summed E-state index contributed by atoms with van der Waals surface area (Å²) in [5.74, 6) is -2.69. The summed E-state index contributed by atoms with van der Waals surface area (Å²) in [6.45, 7) is 0.0155. The zero-order valence-electron chi connectivity index (χ0n) is 14.4. The first-order valence-electron chi connectivity index (χ1n) is 8.19. The summed E-state index contributed by atoms with van der Waals surface area (Å²) in [5, 5.41) is 3.91. The number of anilines is 1. The SMILES string of the molecule is FC1=CN(Nc2nc(-c3cc(F)ccc3C(F)(F)F)nc3cc(F)ccc23)CN1. The predicted octanol–water partition coefficient (Wildman–Crippen LogP) is 4.55. The third kappa shape index (κ3) is 3.75. The van der Waals surface area contributed by atoms with Crippen molar-refractivity contribution in [2.45, 2.75) is 6.18 Å². The summed E-state index contributed by atoms with van der Waals surface area (Å²) < 4.78 is 80.8. The maximum absolute atomic E-state index is 13.7. The van der Waals surface area contributed by atoms with Crippen LogP contribution in [0.1, 0.15) is 5.56 Å². The van der Waals surface area contributed by atoms with Crippen molar-refractivity contribution in [1.82, 2.24) is 20.3 Å². The number of nitrogens with one attached hydrogen (secondary N) is 2. The van der Waals surface area contributed by atoms with E-state index in [1.54, 1.807) is 0 Å². The maximum atomic E-state index is 13.7.